The molecule has 2 aromatic rings. The molecule has 3 rings (SSSR count). The van der Waals surface area contributed by atoms with Crippen molar-refractivity contribution in [3.8, 4) is 0 Å². The maximum absolute atomic E-state index is 14.1. The lowest BCUT2D eigenvalue weighted by molar-refractivity contribution is 0.262. The molecule has 1 aliphatic heterocycles. The number of halogens is 1. The van der Waals surface area contributed by atoms with Crippen LogP contribution in [0.4, 0.5) is 20.6 Å². The Morgan fingerprint density at radius 1 is 1.26 bits per heavy atom. The highest BCUT2D eigenvalue weighted by Gasteiger charge is 2.24. The zero-order valence-electron chi connectivity index (χ0n) is 17.5. The predicted molar refractivity (Wildman–Crippen MR) is 118 cm³/mol. The van der Waals surface area contributed by atoms with Crippen molar-refractivity contribution in [2.24, 2.45) is 0 Å². The van der Waals surface area contributed by atoms with Gasteiger partial charge in [0, 0.05) is 51.7 Å². The molecule has 2 amide bonds. The van der Waals surface area contributed by atoms with Crippen LogP contribution < -0.4 is 16.0 Å². The number of urea groups is 1. The van der Waals surface area contributed by atoms with E-state index in [1.165, 1.54) is 36.7 Å². The van der Waals surface area contributed by atoms with E-state index in [-0.39, 0.29) is 11.9 Å². The molecule has 9 nitrogen and oxygen atoms in total. The Bertz CT molecular complexity index is 1000. The van der Waals surface area contributed by atoms with E-state index >= 15 is 0 Å². The monoisotopic (exact) mass is 450 g/mol. The second-order valence-electron chi connectivity index (χ2n) is 7.63. The van der Waals surface area contributed by atoms with E-state index in [0.29, 0.717) is 24.5 Å². The third kappa shape index (κ3) is 6.96. The first-order valence-electron chi connectivity index (χ1n) is 9.85. The first kappa shape index (κ1) is 23.1. The van der Waals surface area contributed by atoms with Gasteiger partial charge in [0.05, 0.1) is 11.9 Å². The van der Waals surface area contributed by atoms with Gasteiger partial charge in [0.15, 0.2) is 0 Å². The van der Waals surface area contributed by atoms with Crippen molar-refractivity contribution >= 4 is 27.4 Å². The molecule has 1 aliphatic rings. The number of hydrogen-bond acceptors (Lipinski definition) is 6. The Morgan fingerprint density at radius 2 is 2.03 bits per heavy atom. The van der Waals surface area contributed by atoms with Crippen molar-refractivity contribution in [2.45, 2.75) is 19.0 Å². The van der Waals surface area contributed by atoms with E-state index in [0.717, 1.165) is 18.5 Å². The van der Waals surface area contributed by atoms with Gasteiger partial charge in [-0.25, -0.2) is 21.9 Å². The van der Waals surface area contributed by atoms with Gasteiger partial charge in [-0.2, -0.15) is 0 Å². The van der Waals surface area contributed by atoms with Crippen LogP contribution in [0.5, 0.6) is 0 Å². The second kappa shape index (κ2) is 10.1. The molecule has 0 aliphatic carbocycles. The standard InChI is InChI=1S/C20H27FN6O3S/c1-26(2)31(29,30)14-23-18-5-7-27(13-18)12-15-8-16(21)10-19(9-15)25-20(28)24-17-4-3-6-22-11-17/h3-4,6,8-11,18,23H,5,7,12-14H2,1-2H3,(H2,24,25,28)/t18-/m0/s1. The largest absolute Gasteiger partial charge is 0.323 e. The smallest absolute Gasteiger partial charge is 0.308 e. The summed E-state index contributed by atoms with van der Waals surface area (Å²) in [5.41, 5.74) is 1.60. The zero-order chi connectivity index (χ0) is 22.4. The van der Waals surface area contributed by atoms with Crippen LogP contribution in [0.15, 0.2) is 42.7 Å². The molecule has 1 aromatic heterocycles. The minimum absolute atomic E-state index is 0.0474. The number of carbonyl (C=O) groups is 1. The number of aromatic nitrogens is 1. The molecule has 1 aromatic carbocycles. The van der Waals surface area contributed by atoms with Crippen LogP contribution in [0, 0.1) is 5.82 Å². The van der Waals surface area contributed by atoms with Crippen molar-refractivity contribution in [3.63, 3.8) is 0 Å². The van der Waals surface area contributed by atoms with Gasteiger partial charge < -0.3 is 10.6 Å². The summed E-state index contributed by atoms with van der Waals surface area (Å²) in [5.74, 6) is -0.557. The number of benzene rings is 1. The van der Waals surface area contributed by atoms with E-state index in [2.05, 4.69) is 25.8 Å². The Balaban J connectivity index is 1.54. The number of amides is 2. The van der Waals surface area contributed by atoms with Gasteiger partial charge in [-0.15, -0.1) is 0 Å². The molecular formula is C20H27FN6O3S. The topological polar surface area (TPSA) is 107 Å². The number of hydrogen-bond donors (Lipinski definition) is 3. The zero-order valence-corrected chi connectivity index (χ0v) is 18.3. The summed E-state index contributed by atoms with van der Waals surface area (Å²) in [6.45, 7) is 1.92. The number of likely N-dealkylation sites (tertiary alicyclic amines) is 1. The van der Waals surface area contributed by atoms with Crippen molar-refractivity contribution in [1.82, 2.24) is 19.5 Å². The van der Waals surface area contributed by atoms with Crippen LogP contribution in [0.25, 0.3) is 0 Å². The number of anilines is 2. The normalized spacial score (nSPS) is 17.1. The second-order valence-corrected chi connectivity index (χ2v) is 9.82. The fraction of sp³-hybridized carbons (Fsp3) is 0.400. The third-order valence-electron chi connectivity index (χ3n) is 4.92. The molecule has 0 radical (unpaired) electrons. The molecule has 1 fully saturated rings. The first-order valence-corrected chi connectivity index (χ1v) is 11.5. The Hall–Kier alpha value is -2.60. The summed E-state index contributed by atoms with van der Waals surface area (Å²) in [6, 6.07) is 7.37. The fourth-order valence-electron chi connectivity index (χ4n) is 3.30. The van der Waals surface area contributed by atoms with Crippen molar-refractivity contribution in [1.29, 1.82) is 0 Å². The van der Waals surface area contributed by atoms with Crippen molar-refractivity contribution in [2.75, 3.05) is 43.7 Å². The molecule has 31 heavy (non-hydrogen) atoms. The molecular weight excluding hydrogens is 423 g/mol. The predicted octanol–water partition coefficient (Wildman–Crippen LogP) is 1.88. The van der Waals surface area contributed by atoms with E-state index in [4.69, 9.17) is 0 Å². The average Bonchev–Trinajstić information content (AvgIpc) is 3.14. The molecule has 1 atom stereocenters. The quantitative estimate of drug-likeness (QED) is 0.567. The van der Waals surface area contributed by atoms with Gasteiger partial charge in [0.2, 0.25) is 10.0 Å². The molecule has 3 N–H and O–H groups in total. The Morgan fingerprint density at radius 3 is 2.74 bits per heavy atom. The highest BCUT2D eigenvalue weighted by atomic mass is 32.2. The maximum Gasteiger partial charge on any atom is 0.323 e. The highest BCUT2D eigenvalue weighted by molar-refractivity contribution is 7.89. The lowest BCUT2D eigenvalue weighted by Gasteiger charge is -2.18. The fourth-order valence-corrected chi connectivity index (χ4v) is 4.00. The summed E-state index contributed by atoms with van der Waals surface area (Å²) < 4.78 is 39.1. The summed E-state index contributed by atoms with van der Waals surface area (Å²) >= 11 is 0. The third-order valence-corrected chi connectivity index (χ3v) is 6.57. The summed E-state index contributed by atoms with van der Waals surface area (Å²) in [6.07, 6.45) is 3.91. The van der Waals surface area contributed by atoms with Crippen LogP contribution in [0.3, 0.4) is 0 Å². The van der Waals surface area contributed by atoms with Crippen LogP contribution in [0.2, 0.25) is 0 Å². The molecule has 1 saturated heterocycles. The summed E-state index contributed by atoms with van der Waals surface area (Å²) in [5, 5.41) is 8.34. The van der Waals surface area contributed by atoms with Crippen LogP contribution >= 0.6 is 0 Å². The first-order chi connectivity index (χ1) is 14.7. The van der Waals surface area contributed by atoms with E-state index in [1.807, 2.05) is 0 Å². The van der Waals surface area contributed by atoms with Gasteiger partial charge >= 0.3 is 6.03 Å². The van der Waals surface area contributed by atoms with Gasteiger partial charge in [0.1, 0.15) is 11.7 Å². The summed E-state index contributed by atoms with van der Waals surface area (Å²) in [4.78, 5) is 18.2. The van der Waals surface area contributed by atoms with Gasteiger partial charge in [-0.1, -0.05) is 0 Å². The highest BCUT2D eigenvalue weighted by Crippen LogP contribution is 2.19. The number of pyridine rings is 1. The van der Waals surface area contributed by atoms with Crippen LogP contribution in [-0.2, 0) is 16.6 Å². The van der Waals surface area contributed by atoms with Gasteiger partial charge in [-0.3, -0.25) is 15.2 Å². The van der Waals surface area contributed by atoms with Crippen molar-refractivity contribution in [3.05, 3.63) is 54.1 Å². The summed E-state index contributed by atoms with van der Waals surface area (Å²) in [7, 11) is -0.294. The lowest BCUT2D eigenvalue weighted by Crippen LogP contribution is -2.39. The molecule has 0 bridgehead atoms. The number of rotatable bonds is 8. The van der Waals surface area contributed by atoms with Gasteiger partial charge in [0.25, 0.3) is 0 Å². The van der Waals surface area contributed by atoms with Crippen molar-refractivity contribution < 1.29 is 17.6 Å². The molecule has 11 heteroatoms. The minimum atomic E-state index is -3.30. The Kier molecular flexibility index (Phi) is 7.55. The Labute approximate surface area is 181 Å². The van der Waals surface area contributed by atoms with E-state index in [9.17, 15) is 17.6 Å². The molecule has 0 unspecified atom stereocenters. The molecule has 168 valence electrons. The van der Waals surface area contributed by atoms with E-state index in [1.54, 1.807) is 24.4 Å². The molecule has 2 heterocycles. The SMILES string of the molecule is CN(C)S(=O)(=O)CN[C@H]1CCN(Cc2cc(F)cc(NC(=O)Nc3cccnc3)c2)C1. The maximum atomic E-state index is 14.1. The average molecular weight is 451 g/mol. The number of nitrogens with zero attached hydrogens (tertiary/aromatic N) is 3. The van der Waals surface area contributed by atoms with Crippen LogP contribution in [-0.4, -0.2) is 67.7 Å². The molecule has 0 spiro atoms. The number of carbonyl (C=O) groups excluding carboxylic acids is 1. The molecule has 0 saturated carbocycles. The van der Waals surface area contributed by atoms with Gasteiger partial charge in [-0.05, 0) is 42.3 Å². The lowest BCUT2D eigenvalue weighted by atomic mass is 10.2. The van der Waals surface area contributed by atoms with Crippen LogP contribution in [0.1, 0.15) is 12.0 Å². The number of sulfonamides is 1. The minimum Gasteiger partial charge on any atom is -0.308 e. The number of nitrogens with one attached hydrogen (secondary N) is 3. The van der Waals surface area contributed by atoms with E-state index < -0.39 is 21.9 Å².